The number of rotatable bonds is 5. The molecule has 1 fully saturated rings. The van der Waals surface area contributed by atoms with Gasteiger partial charge in [0.1, 0.15) is 18.5 Å². The average molecular weight is 379 g/mol. The Morgan fingerprint density at radius 1 is 1.28 bits per heavy atom. The maximum absolute atomic E-state index is 9.94. The number of thioether (sulfide) groups is 1. The average Bonchev–Trinajstić information content (AvgIpc) is 2.39. The Balaban J connectivity index is 1.70. The highest BCUT2D eigenvalue weighted by Crippen LogP contribution is 2.14. The summed E-state index contributed by atoms with van der Waals surface area (Å²) in [6.45, 7) is 3.23. The Hall–Kier alpha value is 0.0200. The smallest absolute Gasteiger partial charge is 0.119 e. The molecule has 5 heteroatoms. The normalized spacial score (nSPS) is 18.6. The van der Waals surface area contributed by atoms with Gasteiger partial charge in [-0.1, -0.05) is 0 Å². The third-order valence-corrected chi connectivity index (χ3v) is 4.49. The summed E-state index contributed by atoms with van der Waals surface area (Å²) in [4.78, 5) is 2.30. The van der Waals surface area contributed by atoms with E-state index < -0.39 is 6.10 Å². The van der Waals surface area contributed by atoms with Crippen molar-refractivity contribution in [2.75, 3.05) is 37.7 Å². The van der Waals surface area contributed by atoms with Gasteiger partial charge in [0.2, 0.25) is 0 Å². The van der Waals surface area contributed by atoms with Crippen LogP contribution >= 0.6 is 34.4 Å². The molecule has 0 bridgehead atoms. The number of β-amino-alcohol motifs (C(OH)–C–C–N with tert-alkyl or cyclic N) is 1. The van der Waals surface area contributed by atoms with Crippen LogP contribution in [0.25, 0.3) is 0 Å². The second-order valence-electron chi connectivity index (χ2n) is 4.33. The molecule has 0 radical (unpaired) electrons. The number of nitrogens with zero attached hydrogens (tertiary/aromatic N) is 1. The number of halogens is 1. The largest absolute Gasteiger partial charge is 0.491 e. The number of aliphatic hydroxyl groups is 1. The molecule has 1 aromatic carbocycles. The molecule has 1 saturated heterocycles. The first-order valence-electron chi connectivity index (χ1n) is 6.10. The van der Waals surface area contributed by atoms with E-state index in [1.165, 1.54) is 15.1 Å². The van der Waals surface area contributed by atoms with E-state index in [9.17, 15) is 5.11 Å². The van der Waals surface area contributed by atoms with E-state index in [1.54, 1.807) is 0 Å². The minimum absolute atomic E-state index is 0.365. The molecule has 0 aliphatic carbocycles. The van der Waals surface area contributed by atoms with Crippen LogP contribution in [0.5, 0.6) is 5.75 Å². The number of hydrogen-bond acceptors (Lipinski definition) is 4. The Kier molecular flexibility index (Phi) is 6.07. The van der Waals surface area contributed by atoms with Crippen LogP contribution in [0.15, 0.2) is 24.3 Å². The van der Waals surface area contributed by atoms with Gasteiger partial charge in [-0.15, -0.1) is 0 Å². The molecule has 1 unspecified atom stereocenters. The van der Waals surface area contributed by atoms with Gasteiger partial charge in [0.15, 0.2) is 0 Å². The van der Waals surface area contributed by atoms with Gasteiger partial charge in [-0.3, -0.25) is 4.90 Å². The maximum Gasteiger partial charge on any atom is 0.119 e. The zero-order chi connectivity index (χ0) is 12.8. The second-order valence-corrected chi connectivity index (χ2v) is 6.80. The van der Waals surface area contributed by atoms with Gasteiger partial charge in [-0.25, -0.2) is 0 Å². The Morgan fingerprint density at radius 3 is 2.61 bits per heavy atom. The molecule has 100 valence electrons. The predicted molar refractivity (Wildman–Crippen MR) is 84.4 cm³/mol. The third-order valence-electron chi connectivity index (χ3n) is 2.83. The topological polar surface area (TPSA) is 32.7 Å². The lowest BCUT2D eigenvalue weighted by atomic mass is 10.3. The van der Waals surface area contributed by atoms with Gasteiger partial charge in [0.05, 0.1) is 0 Å². The lowest BCUT2D eigenvalue weighted by molar-refractivity contribution is 0.0715. The summed E-state index contributed by atoms with van der Waals surface area (Å²) < 4.78 is 6.77. The van der Waals surface area contributed by atoms with Crippen LogP contribution in [0, 0.1) is 3.57 Å². The van der Waals surface area contributed by atoms with E-state index in [-0.39, 0.29) is 0 Å². The molecule has 1 N–H and O–H groups in total. The zero-order valence-electron chi connectivity index (χ0n) is 10.2. The SMILES string of the molecule is OC(COc1ccc(I)cc1)CN1CCSCC1. The van der Waals surface area contributed by atoms with E-state index in [0.717, 1.165) is 18.8 Å². The van der Waals surface area contributed by atoms with Crippen LogP contribution in [0.3, 0.4) is 0 Å². The standard InChI is InChI=1S/C13H18INO2S/c14-11-1-3-13(4-2-11)17-10-12(16)9-15-5-7-18-8-6-15/h1-4,12,16H,5-10H2. The molecule has 1 heterocycles. The van der Waals surface area contributed by atoms with Gasteiger partial charge < -0.3 is 9.84 Å². The minimum Gasteiger partial charge on any atom is -0.491 e. The van der Waals surface area contributed by atoms with Crippen molar-refractivity contribution in [3.63, 3.8) is 0 Å². The summed E-state index contributed by atoms with van der Waals surface area (Å²) in [6.07, 6.45) is -0.410. The molecule has 18 heavy (non-hydrogen) atoms. The van der Waals surface area contributed by atoms with Crippen LogP contribution < -0.4 is 4.74 Å². The first-order chi connectivity index (χ1) is 8.74. The van der Waals surface area contributed by atoms with Gasteiger partial charge in [0.25, 0.3) is 0 Å². The zero-order valence-corrected chi connectivity index (χ0v) is 13.2. The molecule has 1 aliphatic rings. The molecule has 1 aromatic rings. The van der Waals surface area contributed by atoms with E-state index >= 15 is 0 Å². The fourth-order valence-electron chi connectivity index (χ4n) is 1.86. The molecular formula is C13H18INO2S. The quantitative estimate of drug-likeness (QED) is 0.795. The number of hydrogen-bond donors (Lipinski definition) is 1. The summed E-state index contributed by atoms with van der Waals surface area (Å²) >= 11 is 4.24. The molecule has 0 saturated carbocycles. The van der Waals surface area contributed by atoms with Crippen molar-refractivity contribution in [1.82, 2.24) is 4.90 Å². The van der Waals surface area contributed by atoms with Crippen molar-refractivity contribution < 1.29 is 9.84 Å². The molecule has 1 atom stereocenters. The van der Waals surface area contributed by atoms with Crippen LogP contribution in [0.2, 0.25) is 0 Å². The van der Waals surface area contributed by atoms with E-state index in [1.807, 2.05) is 36.0 Å². The van der Waals surface area contributed by atoms with Crippen LogP contribution in [0.1, 0.15) is 0 Å². The van der Waals surface area contributed by atoms with Gasteiger partial charge >= 0.3 is 0 Å². The third kappa shape index (κ3) is 4.95. The van der Waals surface area contributed by atoms with Gasteiger partial charge in [0, 0.05) is 34.7 Å². The summed E-state index contributed by atoms with van der Waals surface area (Å²) in [5, 5.41) is 9.94. The molecular weight excluding hydrogens is 361 g/mol. The molecule has 2 rings (SSSR count). The Bertz CT molecular complexity index is 355. The van der Waals surface area contributed by atoms with Crippen molar-refractivity contribution in [1.29, 1.82) is 0 Å². The van der Waals surface area contributed by atoms with Crippen molar-refractivity contribution in [3.05, 3.63) is 27.8 Å². The van der Waals surface area contributed by atoms with Crippen LogP contribution in [0.4, 0.5) is 0 Å². The van der Waals surface area contributed by atoms with Crippen molar-refractivity contribution in [3.8, 4) is 5.75 Å². The summed E-state index contributed by atoms with van der Waals surface area (Å²) in [5.74, 6) is 3.17. The molecule has 0 spiro atoms. The highest BCUT2D eigenvalue weighted by molar-refractivity contribution is 14.1. The van der Waals surface area contributed by atoms with Crippen molar-refractivity contribution in [2.45, 2.75) is 6.10 Å². The Labute approximate surface area is 126 Å². The molecule has 1 aliphatic heterocycles. The van der Waals surface area contributed by atoms with Crippen LogP contribution in [-0.4, -0.2) is 53.9 Å². The van der Waals surface area contributed by atoms with E-state index in [2.05, 4.69) is 27.5 Å². The maximum atomic E-state index is 9.94. The first kappa shape index (κ1) is 14.4. The van der Waals surface area contributed by atoms with E-state index in [0.29, 0.717) is 13.2 Å². The second kappa shape index (κ2) is 7.57. The molecule has 3 nitrogen and oxygen atoms in total. The van der Waals surface area contributed by atoms with E-state index in [4.69, 9.17) is 4.74 Å². The van der Waals surface area contributed by atoms with Crippen molar-refractivity contribution in [2.24, 2.45) is 0 Å². The van der Waals surface area contributed by atoms with Crippen molar-refractivity contribution >= 4 is 34.4 Å². The Morgan fingerprint density at radius 2 is 1.94 bits per heavy atom. The van der Waals surface area contributed by atoms with Gasteiger partial charge in [-0.2, -0.15) is 11.8 Å². The monoisotopic (exact) mass is 379 g/mol. The molecule has 0 aromatic heterocycles. The highest BCUT2D eigenvalue weighted by Gasteiger charge is 2.15. The summed E-state index contributed by atoms with van der Waals surface area (Å²) in [5.41, 5.74) is 0. The predicted octanol–water partition coefficient (Wildman–Crippen LogP) is 2.08. The van der Waals surface area contributed by atoms with Crippen LogP contribution in [-0.2, 0) is 0 Å². The first-order valence-corrected chi connectivity index (χ1v) is 8.34. The minimum atomic E-state index is -0.410. The molecule has 0 amide bonds. The number of benzene rings is 1. The lowest BCUT2D eigenvalue weighted by Crippen LogP contribution is -2.40. The van der Waals surface area contributed by atoms with Gasteiger partial charge in [-0.05, 0) is 46.9 Å². The fraction of sp³-hybridized carbons (Fsp3) is 0.538. The highest BCUT2D eigenvalue weighted by atomic mass is 127. The lowest BCUT2D eigenvalue weighted by Gasteiger charge is -2.28. The number of aliphatic hydroxyl groups excluding tert-OH is 1. The summed E-state index contributed by atoms with van der Waals surface area (Å²) in [7, 11) is 0. The fourth-order valence-corrected chi connectivity index (χ4v) is 3.20. The summed E-state index contributed by atoms with van der Waals surface area (Å²) in [6, 6.07) is 7.88. The number of ether oxygens (including phenoxy) is 1.